The average molecular weight is 286 g/mol. The van der Waals surface area contributed by atoms with Crippen LogP contribution < -0.4 is 4.90 Å². The lowest BCUT2D eigenvalue weighted by Crippen LogP contribution is -2.43. The van der Waals surface area contributed by atoms with Gasteiger partial charge in [-0.1, -0.05) is 25.1 Å². The Morgan fingerprint density at radius 1 is 1.48 bits per heavy atom. The summed E-state index contributed by atoms with van der Waals surface area (Å²) in [5, 5.41) is 10.4. The number of hydrogen-bond acceptors (Lipinski definition) is 4. The maximum absolute atomic E-state index is 11.6. The van der Waals surface area contributed by atoms with E-state index in [0.717, 1.165) is 23.0 Å². The van der Waals surface area contributed by atoms with Gasteiger partial charge in [0.05, 0.1) is 23.9 Å². The maximum Gasteiger partial charge on any atom is 0.339 e. The third kappa shape index (κ3) is 2.56. The molecule has 1 aromatic heterocycles. The van der Waals surface area contributed by atoms with Gasteiger partial charge >= 0.3 is 5.97 Å². The van der Waals surface area contributed by atoms with Gasteiger partial charge < -0.3 is 14.7 Å². The number of ether oxygens (including phenoxy) is 1. The maximum atomic E-state index is 11.6. The Labute approximate surface area is 123 Å². The van der Waals surface area contributed by atoms with Crippen LogP contribution >= 0.6 is 0 Å². The number of fused-ring (bicyclic) bond motifs is 1. The monoisotopic (exact) mass is 286 g/mol. The highest BCUT2D eigenvalue weighted by Crippen LogP contribution is 2.31. The molecule has 5 heteroatoms. The summed E-state index contributed by atoms with van der Waals surface area (Å²) in [5.41, 5.74) is 1.83. The highest BCUT2D eigenvalue weighted by Gasteiger charge is 2.25. The fraction of sp³-hybridized carbons (Fsp3) is 0.375. The second-order valence-corrected chi connectivity index (χ2v) is 5.19. The van der Waals surface area contributed by atoms with E-state index in [9.17, 15) is 9.90 Å². The summed E-state index contributed by atoms with van der Waals surface area (Å²) in [6.45, 7) is 4.11. The predicted octanol–water partition coefficient (Wildman–Crippen LogP) is 2.55. The van der Waals surface area contributed by atoms with Gasteiger partial charge in [-0.3, -0.25) is 4.98 Å². The predicted molar refractivity (Wildman–Crippen MR) is 80.9 cm³/mol. The van der Waals surface area contributed by atoms with Crippen molar-refractivity contribution >= 4 is 22.6 Å². The van der Waals surface area contributed by atoms with Crippen LogP contribution in [0.1, 0.15) is 23.7 Å². The summed E-state index contributed by atoms with van der Waals surface area (Å²) in [6, 6.07) is 7.66. The molecule has 1 aromatic carbocycles. The number of aromatic carboxylic acids is 1. The number of anilines is 1. The Bertz CT molecular complexity index is 672. The molecule has 0 aliphatic carbocycles. The zero-order valence-electron chi connectivity index (χ0n) is 12.0. The van der Waals surface area contributed by atoms with Crippen molar-refractivity contribution in [3.05, 3.63) is 36.0 Å². The molecule has 0 spiro atoms. The number of morpholine rings is 1. The summed E-state index contributed by atoms with van der Waals surface area (Å²) in [6.07, 6.45) is 2.52. The molecule has 5 nitrogen and oxygen atoms in total. The highest BCUT2D eigenvalue weighted by atomic mass is 16.5. The van der Waals surface area contributed by atoms with Gasteiger partial charge in [0.15, 0.2) is 0 Å². The zero-order valence-corrected chi connectivity index (χ0v) is 12.0. The van der Waals surface area contributed by atoms with Crippen molar-refractivity contribution in [3.8, 4) is 0 Å². The third-order valence-electron chi connectivity index (χ3n) is 3.89. The Morgan fingerprint density at radius 2 is 2.29 bits per heavy atom. The molecule has 21 heavy (non-hydrogen) atoms. The molecule has 1 saturated heterocycles. The first-order chi connectivity index (χ1) is 10.2. The number of carbonyl (C=O) groups is 1. The first-order valence-corrected chi connectivity index (χ1v) is 7.18. The van der Waals surface area contributed by atoms with E-state index < -0.39 is 5.97 Å². The number of carboxylic acid groups (broad SMARTS) is 1. The number of hydrogen-bond donors (Lipinski definition) is 1. The number of para-hydroxylation sites is 1. The molecule has 0 saturated carbocycles. The molecule has 1 aliphatic heterocycles. The molecule has 1 atom stereocenters. The van der Waals surface area contributed by atoms with Crippen molar-refractivity contribution in [2.24, 2.45) is 0 Å². The minimum atomic E-state index is -0.942. The lowest BCUT2D eigenvalue weighted by atomic mass is 10.1. The Kier molecular flexibility index (Phi) is 3.75. The molecule has 1 aliphatic rings. The number of carboxylic acids is 1. The number of pyridine rings is 1. The van der Waals surface area contributed by atoms with Gasteiger partial charge in [-0.25, -0.2) is 4.79 Å². The molecular formula is C16H18N2O3. The number of benzene rings is 1. The van der Waals surface area contributed by atoms with Gasteiger partial charge in [-0.15, -0.1) is 0 Å². The molecular weight excluding hydrogens is 268 g/mol. The average Bonchev–Trinajstić information content (AvgIpc) is 2.53. The molecule has 2 heterocycles. The molecule has 2 aromatic rings. The van der Waals surface area contributed by atoms with Crippen molar-refractivity contribution in [2.45, 2.75) is 19.4 Å². The second-order valence-electron chi connectivity index (χ2n) is 5.19. The van der Waals surface area contributed by atoms with Crippen LogP contribution in [-0.4, -0.2) is 41.9 Å². The standard InChI is InChI=1S/C16H18N2O3/c1-2-11-10-18(7-8-21-11)15-12-5-3-4-6-14(12)17-9-13(15)16(19)20/h3-6,9,11H,2,7-8,10H2,1H3,(H,19,20). The molecule has 0 amide bonds. The van der Waals surface area contributed by atoms with Gasteiger partial charge in [0.1, 0.15) is 5.56 Å². The minimum absolute atomic E-state index is 0.146. The second kappa shape index (κ2) is 5.69. The van der Waals surface area contributed by atoms with Gasteiger partial charge in [-0.2, -0.15) is 0 Å². The smallest absolute Gasteiger partial charge is 0.339 e. The van der Waals surface area contributed by atoms with Crippen LogP contribution in [0.3, 0.4) is 0 Å². The van der Waals surface area contributed by atoms with Crippen LogP contribution in [0, 0.1) is 0 Å². The minimum Gasteiger partial charge on any atom is -0.478 e. The fourth-order valence-corrected chi connectivity index (χ4v) is 2.79. The first-order valence-electron chi connectivity index (χ1n) is 7.18. The summed E-state index contributed by atoms with van der Waals surface area (Å²) >= 11 is 0. The Morgan fingerprint density at radius 3 is 3.05 bits per heavy atom. The topological polar surface area (TPSA) is 62.7 Å². The van der Waals surface area contributed by atoms with E-state index in [1.54, 1.807) is 0 Å². The molecule has 110 valence electrons. The highest BCUT2D eigenvalue weighted by molar-refractivity contribution is 6.04. The van der Waals surface area contributed by atoms with E-state index >= 15 is 0 Å². The molecule has 0 bridgehead atoms. The van der Waals surface area contributed by atoms with E-state index in [2.05, 4.69) is 16.8 Å². The van der Waals surface area contributed by atoms with E-state index in [-0.39, 0.29) is 11.7 Å². The van der Waals surface area contributed by atoms with E-state index in [0.29, 0.717) is 19.7 Å². The van der Waals surface area contributed by atoms with Crippen molar-refractivity contribution in [2.75, 3.05) is 24.6 Å². The summed E-state index contributed by atoms with van der Waals surface area (Å²) in [5.74, 6) is -0.942. The van der Waals surface area contributed by atoms with Crippen LogP contribution in [0.4, 0.5) is 5.69 Å². The lowest BCUT2D eigenvalue weighted by molar-refractivity contribution is 0.0383. The van der Waals surface area contributed by atoms with Crippen LogP contribution in [-0.2, 0) is 4.74 Å². The Hall–Kier alpha value is -2.14. The largest absolute Gasteiger partial charge is 0.478 e. The van der Waals surface area contributed by atoms with Gasteiger partial charge in [-0.05, 0) is 12.5 Å². The molecule has 3 rings (SSSR count). The fourth-order valence-electron chi connectivity index (χ4n) is 2.79. The number of nitrogens with zero attached hydrogens (tertiary/aromatic N) is 2. The van der Waals surface area contributed by atoms with Crippen molar-refractivity contribution in [1.82, 2.24) is 4.98 Å². The van der Waals surface area contributed by atoms with E-state index in [1.807, 2.05) is 24.3 Å². The molecule has 1 fully saturated rings. The van der Waals surface area contributed by atoms with Crippen molar-refractivity contribution < 1.29 is 14.6 Å². The third-order valence-corrected chi connectivity index (χ3v) is 3.89. The summed E-state index contributed by atoms with van der Waals surface area (Å²) < 4.78 is 5.69. The molecule has 0 radical (unpaired) electrons. The number of rotatable bonds is 3. The van der Waals surface area contributed by atoms with Crippen LogP contribution in [0.15, 0.2) is 30.5 Å². The first kappa shape index (κ1) is 13.8. The van der Waals surface area contributed by atoms with Crippen molar-refractivity contribution in [1.29, 1.82) is 0 Å². The SMILES string of the molecule is CCC1CN(c2c(C(=O)O)cnc3ccccc23)CCO1. The van der Waals surface area contributed by atoms with E-state index in [1.165, 1.54) is 6.20 Å². The van der Waals surface area contributed by atoms with E-state index in [4.69, 9.17) is 4.74 Å². The quantitative estimate of drug-likeness (QED) is 0.939. The van der Waals surface area contributed by atoms with Crippen LogP contribution in [0.25, 0.3) is 10.9 Å². The van der Waals surface area contributed by atoms with Gasteiger partial charge in [0.25, 0.3) is 0 Å². The van der Waals surface area contributed by atoms with Gasteiger partial charge in [0.2, 0.25) is 0 Å². The number of aromatic nitrogens is 1. The molecule has 1 unspecified atom stereocenters. The lowest BCUT2D eigenvalue weighted by Gasteiger charge is -2.35. The zero-order chi connectivity index (χ0) is 14.8. The van der Waals surface area contributed by atoms with Gasteiger partial charge in [0, 0.05) is 24.7 Å². The normalized spacial score (nSPS) is 18.9. The molecule has 1 N–H and O–H groups in total. The van der Waals surface area contributed by atoms with Crippen LogP contribution in [0.2, 0.25) is 0 Å². The van der Waals surface area contributed by atoms with Crippen LogP contribution in [0.5, 0.6) is 0 Å². The summed E-state index contributed by atoms with van der Waals surface area (Å²) in [7, 11) is 0. The Balaban J connectivity index is 2.14. The summed E-state index contributed by atoms with van der Waals surface area (Å²) in [4.78, 5) is 17.9. The van der Waals surface area contributed by atoms with Crippen molar-refractivity contribution in [3.63, 3.8) is 0 Å².